The van der Waals surface area contributed by atoms with E-state index in [4.69, 9.17) is 10.7 Å². The molecule has 1 aliphatic rings. The first-order valence-electron chi connectivity index (χ1n) is 11.6. The third-order valence-electron chi connectivity index (χ3n) is 6.85. The van der Waals surface area contributed by atoms with Gasteiger partial charge in [-0.1, -0.05) is 30.3 Å². The molecule has 3 aromatic heterocycles. The summed E-state index contributed by atoms with van der Waals surface area (Å²) in [6.45, 7) is 3.35. The number of amides is 1. The number of nitrogen functional groups attached to an aromatic ring is 1. The van der Waals surface area contributed by atoms with Crippen molar-refractivity contribution in [2.24, 2.45) is 0 Å². The van der Waals surface area contributed by atoms with Gasteiger partial charge in [0.25, 0.3) is 0 Å². The van der Waals surface area contributed by atoms with Crippen molar-refractivity contribution in [1.29, 1.82) is 0 Å². The molecule has 8 nitrogen and oxygen atoms in total. The van der Waals surface area contributed by atoms with Gasteiger partial charge in [0.05, 0.1) is 11.3 Å². The number of nitrogens with one attached hydrogen (secondary N) is 1. The maximum Gasteiger partial charge on any atom is 0.240 e. The fourth-order valence-corrected chi connectivity index (χ4v) is 4.80. The van der Waals surface area contributed by atoms with Crippen LogP contribution >= 0.6 is 0 Å². The van der Waals surface area contributed by atoms with E-state index in [1.165, 1.54) is 12.1 Å². The van der Waals surface area contributed by atoms with Crippen molar-refractivity contribution < 1.29 is 13.6 Å². The van der Waals surface area contributed by atoms with Crippen LogP contribution in [0.1, 0.15) is 34.9 Å². The molecule has 10 heteroatoms. The van der Waals surface area contributed by atoms with E-state index < -0.39 is 5.41 Å². The van der Waals surface area contributed by atoms with E-state index in [2.05, 4.69) is 20.3 Å². The quantitative estimate of drug-likeness (QED) is 0.385. The molecule has 4 heterocycles. The Hall–Kier alpha value is -4.73. The Kier molecular flexibility index (Phi) is 5.01. The second-order valence-corrected chi connectivity index (χ2v) is 9.20. The predicted octanol–water partition coefficient (Wildman–Crippen LogP) is 4.20. The van der Waals surface area contributed by atoms with E-state index in [1.807, 2.05) is 0 Å². The van der Waals surface area contributed by atoms with Crippen molar-refractivity contribution in [3.63, 3.8) is 0 Å². The molecule has 37 heavy (non-hydrogen) atoms. The van der Waals surface area contributed by atoms with Crippen molar-refractivity contribution in [3.8, 4) is 11.5 Å². The largest absolute Gasteiger partial charge is 0.383 e. The summed E-state index contributed by atoms with van der Waals surface area (Å²) in [6.07, 6.45) is 5.28. The van der Waals surface area contributed by atoms with E-state index >= 15 is 0 Å². The molecule has 0 bridgehead atoms. The molecule has 2 aromatic carbocycles. The first kappa shape index (κ1) is 22.7. The zero-order valence-corrected chi connectivity index (χ0v) is 20.0. The highest BCUT2D eigenvalue weighted by molar-refractivity contribution is 6.09. The molecule has 1 unspecified atom stereocenters. The molecule has 6 rings (SSSR count). The van der Waals surface area contributed by atoms with E-state index in [0.717, 1.165) is 0 Å². The van der Waals surface area contributed by atoms with Gasteiger partial charge in [-0.25, -0.2) is 28.7 Å². The van der Waals surface area contributed by atoms with Crippen molar-refractivity contribution >= 4 is 23.2 Å². The minimum atomic E-state index is -1.20. The number of halogens is 2. The van der Waals surface area contributed by atoms with Gasteiger partial charge in [-0.3, -0.25) is 4.79 Å². The first-order valence-corrected chi connectivity index (χ1v) is 11.6. The number of aryl methyl sites for hydroxylation is 1. The number of carbonyl (C=O) groups is 1. The number of anilines is 2. The number of hydrogen-bond acceptors (Lipinski definition) is 6. The van der Waals surface area contributed by atoms with Gasteiger partial charge in [0.15, 0.2) is 11.5 Å². The maximum absolute atomic E-state index is 14.4. The minimum absolute atomic E-state index is 0.103. The van der Waals surface area contributed by atoms with E-state index in [-0.39, 0.29) is 41.4 Å². The van der Waals surface area contributed by atoms with Crippen LogP contribution in [-0.2, 0) is 16.6 Å². The predicted molar refractivity (Wildman–Crippen MR) is 134 cm³/mol. The molecule has 1 atom stereocenters. The van der Waals surface area contributed by atoms with Crippen LogP contribution in [0.4, 0.5) is 20.4 Å². The van der Waals surface area contributed by atoms with Gasteiger partial charge in [0.1, 0.15) is 34.4 Å². The lowest BCUT2D eigenvalue weighted by Gasteiger charge is -2.24. The van der Waals surface area contributed by atoms with Crippen LogP contribution in [0, 0.1) is 18.6 Å². The van der Waals surface area contributed by atoms with Gasteiger partial charge in [-0.2, -0.15) is 0 Å². The molecule has 1 amide bonds. The second kappa shape index (κ2) is 8.16. The van der Waals surface area contributed by atoms with Gasteiger partial charge in [-0.15, -0.1) is 0 Å². The molecule has 0 saturated carbocycles. The fourth-order valence-electron chi connectivity index (χ4n) is 4.80. The Morgan fingerprint density at radius 3 is 2.68 bits per heavy atom. The van der Waals surface area contributed by atoms with Gasteiger partial charge >= 0.3 is 0 Å². The monoisotopic (exact) mass is 497 g/mol. The van der Waals surface area contributed by atoms with Crippen LogP contribution < -0.4 is 11.1 Å². The fraction of sp³-hybridized carbons (Fsp3) is 0.148. The SMILES string of the molecule is Cc1cc(C2(C)C(=O)Nc3nc(-c4cn5ccnc5c(Cc5ccccc5F)n4)nc(N)c32)ccc1F. The number of aromatic nitrogens is 5. The van der Waals surface area contributed by atoms with Gasteiger partial charge in [0, 0.05) is 25.0 Å². The van der Waals surface area contributed by atoms with Crippen LogP contribution in [0.5, 0.6) is 0 Å². The highest BCUT2D eigenvalue weighted by Gasteiger charge is 2.47. The second-order valence-electron chi connectivity index (χ2n) is 9.20. The standard InChI is InChI=1S/C27H21F2N7O/c1-14-11-16(7-8-17(14)28)27(2)21-22(30)33-23(34-24(21)35-26(27)37)20-13-36-10-9-31-25(36)19(32-20)12-15-5-3-4-6-18(15)29/h3-11,13H,12H2,1-2H3,(H3,30,33,34,35,37). The Morgan fingerprint density at radius 1 is 1.08 bits per heavy atom. The number of hydrogen-bond donors (Lipinski definition) is 2. The topological polar surface area (TPSA) is 111 Å². The molecule has 184 valence electrons. The molecule has 5 aromatic rings. The summed E-state index contributed by atoms with van der Waals surface area (Å²) in [5.41, 5.74) is 8.59. The smallest absolute Gasteiger partial charge is 0.240 e. The summed E-state index contributed by atoms with van der Waals surface area (Å²) in [5.74, 6) is -0.481. The van der Waals surface area contributed by atoms with Crippen molar-refractivity contribution in [3.05, 3.63) is 101 Å². The Bertz CT molecular complexity index is 1730. The Morgan fingerprint density at radius 2 is 1.89 bits per heavy atom. The zero-order chi connectivity index (χ0) is 25.9. The number of imidazole rings is 1. The lowest BCUT2D eigenvalue weighted by Crippen LogP contribution is -2.33. The molecular formula is C27H21F2N7O. The van der Waals surface area contributed by atoms with Crippen LogP contribution in [0.2, 0.25) is 0 Å². The van der Waals surface area contributed by atoms with Gasteiger partial charge < -0.3 is 15.5 Å². The van der Waals surface area contributed by atoms with Gasteiger partial charge in [-0.05, 0) is 42.7 Å². The molecule has 3 N–H and O–H groups in total. The van der Waals surface area contributed by atoms with Crippen molar-refractivity contribution in [1.82, 2.24) is 24.3 Å². The summed E-state index contributed by atoms with van der Waals surface area (Å²) in [7, 11) is 0. The van der Waals surface area contributed by atoms with E-state index in [9.17, 15) is 13.6 Å². The third kappa shape index (κ3) is 3.52. The van der Waals surface area contributed by atoms with E-state index in [0.29, 0.717) is 39.3 Å². The maximum atomic E-state index is 14.4. The lowest BCUT2D eigenvalue weighted by atomic mass is 9.77. The van der Waals surface area contributed by atoms with Crippen LogP contribution in [0.25, 0.3) is 17.2 Å². The summed E-state index contributed by atoms with van der Waals surface area (Å²) < 4.78 is 30.0. The van der Waals surface area contributed by atoms with Crippen LogP contribution in [0.3, 0.4) is 0 Å². The lowest BCUT2D eigenvalue weighted by molar-refractivity contribution is -0.119. The average molecular weight is 498 g/mol. The summed E-state index contributed by atoms with van der Waals surface area (Å²) in [4.78, 5) is 31.3. The summed E-state index contributed by atoms with van der Waals surface area (Å²) in [5, 5.41) is 2.81. The highest BCUT2D eigenvalue weighted by Crippen LogP contribution is 2.45. The average Bonchev–Trinajstić information content (AvgIpc) is 3.45. The number of rotatable bonds is 4. The number of fused-ring (bicyclic) bond motifs is 2. The highest BCUT2D eigenvalue weighted by atomic mass is 19.1. The molecule has 0 radical (unpaired) electrons. The zero-order valence-electron chi connectivity index (χ0n) is 20.0. The summed E-state index contributed by atoms with van der Waals surface area (Å²) in [6, 6.07) is 11.0. The number of nitrogens with zero attached hydrogens (tertiary/aromatic N) is 5. The molecule has 0 aliphatic carbocycles. The van der Waals surface area contributed by atoms with Crippen molar-refractivity contribution in [2.45, 2.75) is 25.7 Å². The normalized spacial score (nSPS) is 16.7. The number of carbonyl (C=O) groups excluding carboxylic acids is 1. The first-order chi connectivity index (χ1) is 17.8. The number of benzene rings is 2. The van der Waals surface area contributed by atoms with Crippen LogP contribution in [0.15, 0.2) is 61.1 Å². The Balaban J connectivity index is 1.47. The molecule has 0 saturated heterocycles. The molecule has 0 spiro atoms. The molecule has 0 fully saturated rings. The molecular weight excluding hydrogens is 476 g/mol. The van der Waals surface area contributed by atoms with Gasteiger partial charge in [0.2, 0.25) is 5.91 Å². The Labute approximate surface area is 210 Å². The minimum Gasteiger partial charge on any atom is -0.383 e. The summed E-state index contributed by atoms with van der Waals surface area (Å²) >= 11 is 0. The number of nitrogens with two attached hydrogens (primary N) is 1. The third-order valence-corrected chi connectivity index (χ3v) is 6.85. The molecule has 1 aliphatic heterocycles. The van der Waals surface area contributed by atoms with Crippen molar-refractivity contribution in [2.75, 3.05) is 11.1 Å². The van der Waals surface area contributed by atoms with E-state index in [1.54, 1.807) is 67.2 Å². The van der Waals surface area contributed by atoms with Crippen LogP contribution in [-0.4, -0.2) is 30.2 Å².